The summed E-state index contributed by atoms with van der Waals surface area (Å²) >= 11 is 1.39. The summed E-state index contributed by atoms with van der Waals surface area (Å²) in [6, 6.07) is 6.95. The number of carbonyl (C=O) groups excluding carboxylic acids is 1. The summed E-state index contributed by atoms with van der Waals surface area (Å²) in [6.45, 7) is 2.89. The fourth-order valence-electron chi connectivity index (χ4n) is 1.44. The maximum absolute atomic E-state index is 12.5. The normalized spacial score (nSPS) is 15.6. The summed E-state index contributed by atoms with van der Waals surface area (Å²) in [7, 11) is 1.67. The Morgan fingerprint density at radius 1 is 1.43 bits per heavy atom. The quantitative estimate of drug-likeness (QED) is 0.327. The van der Waals surface area contributed by atoms with E-state index in [0.717, 1.165) is 6.42 Å². The molecule has 0 aromatic heterocycles. The van der Waals surface area contributed by atoms with Gasteiger partial charge in [0.2, 0.25) is 0 Å². The molecular weight excluding hydrogens is 305 g/mol. The van der Waals surface area contributed by atoms with E-state index in [1.54, 1.807) is 31.3 Å². The van der Waals surface area contributed by atoms with Crippen molar-refractivity contribution in [3.8, 4) is 0 Å². The van der Waals surface area contributed by atoms with E-state index in [2.05, 4.69) is 22.1 Å². The number of benzene rings is 1. The molecular formula is C14H22N3O2PS. The molecule has 2 atom stereocenters. The number of nitrogens with one attached hydrogen (secondary N) is 2. The van der Waals surface area contributed by atoms with Crippen LogP contribution in [0.3, 0.4) is 0 Å². The topological polar surface area (TPSA) is 70.6 Å². The van der Waals surface area contributed by atoms with Crippen molar-refractivity contribution in [2.45, 2.75) is 32.4 Å². The first-order chi connectivity index (χ1) is 9.90. The van der Waals surface area contributed by atoms with Crippen LogP contribution in [-0.2, 0) is 4.57 Å². The summed E-state index contributed by atoms with van der Waals surface area (Å²) in [5.41, 5.74) is 1.35. The van der Waals surface area contributed by atoms with Crippen molar-refractivity contribution in [3.05, 3.63) is 29.8 Å². The van der Waals surface area contributed by atoms with Crippen molar-refractivity contribution in [3.63, 3.8) is 0 Å². The van der Waals surface area contributed by atoms with Gasteiger partial charge < -0.3 is 5.09 Å². The van der Waals surface area contributed by atoms with Crippen LogP contribution in [0.1, 0.15) is 37.6 Å². The van der Waals surface area contributed by atoms with Crippen LogP contribution in [0.2, 0.25) is 0 Å². The molecule has 2 unspecified atom stereocenters. The average molecular weight is 327 g/mol. The Labute approximate surface area is 130 Å². The lowest BCUT2D eigenvalue weighted by atomic mass is 10.1. The van der Waals surface area contributed by atoms with Crippen LogP contribution in [0.15, 0.2) is 29.3 Å². The fraction of sp³-hybridized carbons (Fsp3) is 0.429. The molecule has 0 amide bonds. The Kier molecular flexibility index (Phi) is 7.15. The minimum absolute atomic E-state index is 0.0216. The van der Waals surface area contributed by atoms with Gasteiger partial charge in [0.1, 0.15) is 0 Å². The first kappa shape index (κ1) is 18.0. The maximum atomic E-state index is 12.5. The maximum Gasteiger partial charge on any atom is 0.290 e. The van der Waals surface area contributed by atoms with Crippen LogP contribution in [0, 0.1) is 0 Å². The zero-order valence-electron chi connectivity index (χ0n) is 12.8. The first-order valence-electron chi connectivity index (χ1n) is 6.79. The predicted octanol–water partition coefficient (Wildman–Crippen LogP) is 4.00. The Morgan fingerprint density at radius 3 is 2.52 bits per heavy atom. The average Bonchev–Trinajstić information content (AvgIpc) is 2.47. The molecule has 0 fully saturated rings. The van der Waals surface area contributed by atoms with E-state index < -0.39 is 6.65 Å². The Hall–Kier alpha value is -1.10. The largest absolute Gasteiger partial charge is 0.307 e. The van der Waals surface area contributed by atoms with E-state index in [0.29, 0.717) is 16.5 Å². The molecule has 2 N–H and O–H groups in total. The van der Waals surface area contributed by atoms with Gasteiger partial charge in [-0.2, -0.15) is 0 Å². The number of hydrogen-bond donors (Lipinski definition) is 2. The Balaban J connectivity index is 2.67. The smallest absolute Gasteiger partial charge is 0.290 e. The van der Waals surface area contributed by atoms with Gasteiger partial charge in [-0.3, -0.25) is 9.36 Å². The summed E-state index contributed by atoms with van der Waals surface area (Å²) in [5.74, 6) is 0.0216. The highest BCUT2D eigenvalue weighted by molar-refractivity contribution is 8.57. The highest BCUT2D eigenvalue weighted by atomic mass is 32.7. The molecule has 0 radical (unpaired) electrons. The summed E-state index contributed by atoms with van der Waals surface area (Å²) in [4.78, 5) is 15.4. The van der Waals surface area contributed by atoms with Crippen LogP contribution in [0.25, 0.3) is 0 Å². The van der Waals surface area contributed by atoms with Gasteiger partial charge in [-0.15, -0.1) is 0 Å². The zero-order valence-corrected chi connectivity index (χ0v) is 14.5. The van der Waals surface area contributed by atoms with Gasteiger partial charge in [0.15, 0.2) is 5.78 Å². The van der Waals surface area contributed by atoms with Crippen molar-refractivity contribution in [1.29, 1.82) is 0 Å². The molecule has 0 heterocycles. The van der Waals surface area contributed by atoms with Gasteiger partial charge in [0.05, 0.1) is 12.0 Å². The van der Waals surface area contributed by atoms with E-state index >= 15 is 0 Å². The first-order valence-corrected chi connectivity index (χ1v) is 9.98. The van der Waals surface area contributed by atoms with Gasteiger partial charge in [0, 0.05) is 10.8 Å². The zero-order chi connectivity index (χ0) is 15.9. The van der Waals surface area contributed by atoms with Gasteiger partial charge in [-0.25, -0.2) is 10.1 Å². The number of hydrogen-bond acceptors (Lipinski definition) is 4. The van der Waals surface area contributed by atoms with Gasteiger partial charge in [-0.05, 0) is 44.7 Å². The van der Waals surface area contributed by atoms with Crippen molar-refractivity contribution in [2.24, 2.45) is 4.99 Å². The molecule has 21 heavy (non-hydrogen) atoms. The SMILES string of the molecule is CCC(C)SP(=O)(NC)NC=Nc1ccc(C(C)=O)cc1. The molecule has 1 rings (SSSR count). The third-order valence-electron chi connectivity index (χ3n) is 2.91. The fourth-order valence-corrected chi connectivity index (χ4v) is 5.21. The Morgan fingerprint density at radius 2 is 2.05 bits per heavy atom. The van der Waals surface area contributed by atoms with Gasteiger partial charge in [-0.1, -0.05) is 25.2 Å². The van der Waals surface area contributed by atoms with E-state index in [9.17, 15) is 9.36 Å². The lowest BCUT2D eigenvalue weighted by Crippen LogP contribution is -2.17. The van der Waals surface area contributed by atoms with Gasteiger partial charge >= 0.3 is 0 Å². The lowest BCUT2D eigenvalue weighted by Gasteiger charge is -2.19. The molecule has 116 valence electrons. The third kappa shape index (κ3) is 6.04. The van der Waals surface area contributed by atoms with Crippen molar-refractivity contribution in [1.82, 2.24) is 10.2 Å². The number of rotatable bonds is 8. The number of aliphatic imine (C=N–C) groups is 1. The van der Waals surface area contributed by atoms with Gasteiger partial charge in [0.25, 0.3) is 6.65 Å². The van der Waals surface area contributed by atoms with Crippen LogP contribution < -0.4 is 10.2 Å². The second kappa shape index (κ2) is 8.37. The highest BCUT2D eigenvalue weighted by Crippen LogP contribution is 2.52. The van der Waals surface area contributed by atoms with Crippen LogP contribution >= 0.6 is 18.0 Å². The summed E-state index contributed by atoms with van der Waals surface area (Å²) in [5, 5.41) is 5.96. The standard InChI is InChI=1S/C14H22N3O2PS/c1-5-11(2)21-20(19,15-4)17-10-16-14-8-6-13(7-9-14)12(3)18/h6-11H,5H2,1-4H3,(H2,15,16,17,19). The second-order valence-electron chi connectivity index (χ2n) is 4.59. The number of ketones is 1. The monoisotopic (exact) mass is 327 g/mol. The third-order valence-corrected chi connectivity index (χ3v) is 7.78. The molecule has 0 aliphatic carbocycles. The van der Waals surface area contributed by atoms with Crippen LogP contribution in [-0.4, -0.2) is 24.4 Å². The molecule has 1 aromatic carbocycles. The van der Waals surface area contributed by atoms with Crippen LogP contribution in [0.5, 0.6) is 0 Å². The molecule has 0 bridgehead atoms. The lowest BCUT2D eigenvalue weighted by molar-refractivity contribution is 0.101. The highest BCUT2D eigenvalue weighted by Gasteiger charge is 2.21. The molecule has 0 aliphatic heterocycles. The van der Waals surface area contributed by atoms with E-state index in [1.165, 1.54) is 24.6 Å². The number of carbonyl (C=O) groups is 1. The summed E-state index contributed by atoms with van der Waals surface area (Å²) < 4.78 is 12.5. The van der Waals surface area contributed by atoms with Crippen LogP contribution in [0.4, 0.5) is 5.69 Å². The molecule has 0 saturated carbocycles. The van der Waals surface area contributed by atoms with Crippen molar-refractivity contribution in [2.75, 3.05) is 7.05 Å². The van der Waals surface area contributed by atoms with E-state index in [1.807, 2.05) is 6.92 Å². The predicted molar refractivity (Wildman–Crippen MR) is 91.7 cm³/mol. The molecule has 1 aromatic rings. The number of nitrogens with zero attached hydrogens (tertiary/aromatic N) is 1. The molecule has 5 nitrogen and oxygen atoms in total. The molecule has 7 heteroatoms. The molecule has 0 spiro atoms. The molecule has 0 aliphatic rings. The van der Waals surface area contributed by atoms with E-state index in [4.69, 9.17) is 0 Å². The minimum Gasteiger partial charge on any atom is -0.307 e. The Bertz CT molecular complexity index is 546. The number of Topliss-reactive ketones (excluding diaryl/α,β-unsaturated/α-hetero) is 1. The second-order valence-corrected chi connectivity index (χ2v) is 9.59. The summed E-state index contributed by atoms with van der Waals surface area (Å²) in [6.07, 6.45) is 2.39. The minimum atomic E-state index is -2.72. The van der Waals surface area contributed by atoms with Crippen molar-refractivity contribution >= 4 is 35.8 Å². The van der Waals surface area contributed by atoms with Crippen molar-refractivity contribution < 1.29 is 9.36 Å². The molecule has 0 saturated heterocycles. The van der Waals surface area contributed by atoms with E-state index in [-0.39, 0.29) is 5.78 Å².